The Morgan fingerprint density at radius 3 is 2.69 bits per heavy atom. The van der Waals surface area contributed by atoms with Crippen LogP contribution in [-0.2, 0) is 0 Å². The van der Waals surface area contributed by atoms with Gasteiger partial charge in [-0.3, -0.25) is 19.9 Å². The van der Waals surface area contributed by atoms with Crippen LogP contribution in [0.5, 0.6) is 5.75 Å². The van der Waals surface area contributed by atoms with Gasteiger partial charge in [0.25, 0.3) is 11.6 Å². The highest BCUT2D eigenvalue weighted by Gasteiger charge is 2.20. The molecule has 29 heavy (non-hydrogen) atoms. The standard InChI is InChI=1S/C18H11BrN4O6/c19-14-9-13(23(26)27)8-12(16(14)29-18(25)15-2-1-7-28-15)10-21-22-17(24)11-3-5-20-6-4-11/h1-10H,(H,22,24). The molecule has 2 aromatic heterocycles. The number of nitrogens with one attached hydrogen (secondary N) is 1. The first-order chi connectivity index (χ1) is 14.0. The van der Waals surface area contributed by atoms with E-state index in [4.69, 9.17) is 9.15 Å². The van der Waals surface area contributed by atoms with Crippen LogP contribution < -0.4 is 10.2 Å². The predicted molar refractivity (Wildman–Crippen MR) is 104 cm³/mol. The van der Waals surface area contributed by atoms with Crippen molar-refractivity contribution in [2.24, 2.45) is 5.10 Å². The number of hydrazone groups is 1. The van der Waals surface area contributed by atoms with Crippen LogP contribution in [-0.4, -0.2) is 28.0 Å². The van der Waals surface area contributed by atoms with Gasteiger partial charge in [0.1, 0.15) is 0 Å². The van der Waals surface area contributed by atoms with E-state index in [1.165, 1.54) is 49.0 Å². The Balaban J connectivity index is 1.87. The molecule has 0 aliphatic carbocycles. The second-order valence-electron chi connectivity index (χ2n) is 5.40. The number of non-ortho nitro benzene ring substituents is 1. The van der Waals surface area contributed by atoms with Crippen molar-refractivity contribution in [2.75, 3.05) is 0 Å². The molecule has 0 aliphatic heterocycles. The highest BCUT2D eigenvalue weighted by atomic mass is 79.9. The van der Waals surface area contributed by atoms with Crippen LogP contribution in [0.25, 0.3) is 0 Å². The monoisotopic (exact) mass is 458 g/mol. The minimum atomic E-state index is -0.806. The zero-order chi connectivity index (χ0) is 20.8. The third-order valence-corrected chi connectivity index (χ3v) is 4.09. The number of benzene rings is 1. The van der Waals surface area contributed by atoms with Crippen molar-refractivity contribution < 1.29 is 23.7 Å². The molecule has 0 unspecified atom stereocenters. The largest absolute Gasteiger partial charge is 0.457 e. The number of halogens is 1. The summed E-state index contributed by atoms with van der Waals surface area (Å²) in [4.78, 5) is 38.5. The minimum Gasteiger partial charge on any atom is -0.457 e. The van der Waals surface area contributed by atoms with E-state index in [2.05, 4.69) is 31.4 Å². The number of carbonyl (C=O) groups is 2. The summed E-state index contributed by atoms with van der Waals surface area (Å²) in [7, 11) is 0. The molecule has 0 spiro atoms. The van der Waals surface area contributed by atoms with E-state index < -0.39 is 16.8 Å². The first-order valence-electron chi connectivity index (χ1n) is 7.92. The summed E-state index contributed by atoms with van der Waals surface area (Å²) in [6.45, 7) is 0. The van der Waals surface area contributed by atoms with Crippen LogP contribution in [0, 0.1) is 10.1 Å². The third kappa shape index (κ3) is 4.90. The van der Waals surface area contributed by atoms with E-state index in [1.54, 1.807) is 0 Å². The fourth-order valence-electron chi connectivity index (χ4n) is 2.17. The quantitative estimate of drug-likeness (QED) is 0.196. The number of nitro groups is 1. The molecule has 0 atom stereocenters. The van der Waals surface area contributed by atoms with Gasteiger partial charge in [-0.15, -0.1) is 0 Å². The smallest absolute Gasteiger partial charge is 0.379 e. The van der Waals surface area contributed by atoms with Gasteiger partial charge in [-0.25, -0.2) is 10.2 Å². The van der Waals surface area contributed by atoms with Crippen LogP contribution in [0.3, 0.4) is 0 Å². The Morgan fingerprint density at radius 2 is 2.03 bits per heavy atom. The maximum absolute atomic E-state index is 12.2. The van der Waals surface area contributed by atoms with Gasteiger partial charge >= 0.3 is 5.97 Å². The van der Waals surface area contributed by atoms with Crippen molar-refractivity contribution >= 4 is 39.7 Å². The molecule has 146 valence electrons. The number of esters is 1. The Labute approximate surface area is 171 Å². The van der Waals surface area contributed by atoms with Gasteiger partial charge in [0, 0.05) is 35.7 Å². The summed E-state index contributed by atoms with van der Waals surface area (Å²) in [6.07, 6.45) is 5.32. The Bertz CT molecular complexity index is 1080. The first kappa shape index (κ1) is 19.9. The molecular formula is C18H11BrN4O6. The topological polar surface area (TPSA) is 137 Å². The summed E-state index contributed by atoms with van der Waals surface area (Å²) >= 11 is 3.15. The van der Waals surface area contributed by atoms with E-state index in [0.717, 1.165) is 12.3 Å². The van der Waals surface area contributed by atoms with Crippen LogP contribution in [0.2, 0.25) is 0 Å². The minimum absolute atomic E-state index is 0.0288. The molecule has 1 N–H and O–H groups in total. The number of furan rings is 1. The molecule has 0 bridgehead atoms. The summed E-state index contributed by atoms with van der Waals surface area (Å²) in [5, 5.41) is 14.9. The van der Waals surface area contributed by atoms with Crippen LogP contribution in [0.15, 0.2) is 69.0 Å². The summed E-state index contributed by atoms with van der Waals surface area (Å²) in [5.74, 6) is -1.40. The Hall–Kier alpha value is -3.86. The molecule has 11 heteroatoms. The lowest BCUT2D eigenvalue weighted by Crippen LogP contribution is -2.17. The normalized spacial score (nSPS) is 10.7. The fraction of sp³-hybridized carbons (Fsp3) is 0. The Morgan fingerprint density at radius 1 is 1.28 bits per heavy atom. The maximum Gasteiger partial charge on any atom is 0.379 e. The number of hydrogen-bond donors (Lipinski definition) is 1. The molecule has 0 saturated carbocycles. The molecule has 1 amide bonds. The van der Waals surface area contributed by atoms with Gasteiger partial charge in [-0.05, 0) is 40.2 Å². The van der Waals surface area contributed by atoms with Crippen LogP contribution >= 0.6 is 15.9 Å². The highest BCUT2D eigenvalue weighted by molar-refractivity contribution is 9.10. The van der Waals surface area contributed by atoms with Crippen molar-refractivity contribution in [3.8, 4) is 5.75 Å². The number of hydrogen-bond acceptors (Lipinski definition) is 8. The Kier molecular flexibility index (Phi) is 6.09. The van der Waals surface area contributed by atoms with E-state index in [1.807, 2.05) is 0 Å². The molecule has 3 aromatic rings. The van der Waals surface area contributed by atoms with Gasteiger partial charge < -0.3 is 9.15 Å². The van der Waals surface area contributed by atoms with Gasteiger partial charge in [0.2, 0.25) is 5.76 Å². The van der Waals surface area contributed by atoms with Crippen molar-refractivity contribution in [3.63, 3.8) is 0 Å². The molecule has 3 rings (SSSR count). The van der Waals surface area contributed by atoms with Crippen molar-refractivity contribution in [2.45, 2.75) is 0 Å². The zero-order valence-corrected chi connectivity index (χ0v) is 16.0. The molecule has 10 nitrogen and oxygen atoms in total. The third-order valence-electron chi connectivity index (χ3n) is 3.50. The number of carbonyl (C=O) groups excluding carboxylic acids is 2. The lowest BCUT2D eigenvalue weighted by molar-refractivity contribution is -0.385. The average Bonchev–Trinajstić information content (AvgIpc) is 3.25. The SMILES string of the molecule is O=C(NN=Cc1cc([N+](=O)[O-])cc(Br)c1OC(=O)c1ccco1)c1ccncc1. The van der Waals surface area contributed by atoms with E-state index in [-0.39, 0.29) is 27.2 Å². The number of nitrogens with zero attached hydrogens (tertiary/aromatic N) is 3. The fourth-order valence-corrected chi connectivity index (χ4v) is 2.72. The van der Waals surface area contributed by atoms with Crippen LogP contribution in [0.4, 0.5) is 5.69 Å². The highest BCUT2D eigenvalue weighted by Crippen LogP contribution is 2.33. The molecular weight excluding hydrogens is 448 g/mol. The first-order valence-corrected chi connectivity index (χ1v) is 8.72. The molecule has 1 aromatic carbocycles. The van der Waals surface area contributed by atoms with E-state index in [9.17, 15) is 19.7 Å². The van der Waals surface area contributed by atoms with Gasteiger partial charge in [-0.2, -0.15) is 5.10 Å². The molecule has 2 heterocycles. The predicted octanol–water partition coefficient (Wildman–Crippen LogP) is 3.33. The van der Waals surface area contributed by atoms with E-state index in [0.29, 0.717) is 5.56 Å². The maximum atomic E-state index is 12.2. The second kappa shape index (κ2) is 8.89. The number of nitro benzene ring substituents is 1. The summed E-state index contributed by atoms with van der Waals surface area (Å²) in [6, 6.07) is 8.23. The van der Waals surface area contributed by atoms with Crippen molar-refractivity contribution in [1.82, 2.24) is 10.4 Å². The number of rotatable bonds is 6. The number of amides is 1. The van der Waals surface area contributed by atoms with Crippen LogP contribution in [0.1, 0.15) is 26.5 Å². The van der Waals surface area contributed by atoms with E-state index >= 15 is 0 Å². The van der Waals surface area contributed by atoms with Gasteiger partial charge in [-0.1, -0.05) is 0 Å². The summed E-state index contributed by atoms with van der Waals surface area (Å²) in [5.41, 5.74) is 2.42. The van der Waals surface area contributed by atoms with Gasteiger partial charge in [0.05, 0.1) is 21.9 Å². The number of aromatic nitrogens is 1. The van der Waals surface area contributed by atoms with Gasteiger partial charge in [0.15, 0.2) is 5.75 Å². The van der Waals surface area contributed by atoms with Crippen molar-refractivity contribution in [3.05, 3.63) is 86.5 Å². The molecule has 0 radical (unpaired) electrons. The number of ether oxygens (including phenoxy) is 1. The molecule has 0 fully saturated rings. The zero-order valence-electron chi connectivity index (χ0n) is 14.4. The average molecular weight is 459 g/mol. The molecule has 0 saturated heterocycles. The second-order valence-corrected chi connectivity index (χ2v) is 6.26. The summed E-state index contributed by atoms with van der Waals surface area (Å²) < 4.78 is 10.4. The number of pyridine rings is 1. The lowest BCUT2D eigenvalue weighted by atomic mass is 10.2. The molecule has 0 aliphatic rings. The van der Waals surface area contributed by atoms with Crippen molar-refractivity contribution in [1.29, 1.82) is 0 Å². The lowest BCUT2D eigenvalue weighted by Gasteiger charge is -2.09.